The van der Waals surface area contributed by atoms with Gasteiger partial charge in [0, 0.05) is 26.1 Å². The summed E-state index contributed by atoms with van der Waals surface area (Å²) in [6.45, 7) is 4.02. The van der Waals surface area contributed by atoms with E-state index in [9.17, 15) is 4.79 Å². The molecule has 18 heavy (non-hydrogen) atoms. The molecule has 0 aliphatic heterocycles. The van der Waals surface area contributed by atoms with E-state index in [1.165, 1.54) is 5.06 Å². The fourth-order valence-corrected chi connectivity index (χ4v) is 1.55. The molecule has 0 aliphatic rings. The topological polar surface area (TPSA) is 38.8 Å². The molecule has 1 amide bonds. The van der Waals surface area contributed by atoms with Gasteiger partial charge in [-0.3, -0.25) is 4.79 Å². The second-order valence-corrected chi connectivity index (χ2v) is 4.23. The van der Waals surface area contributed by atoms with Gasteiger partial charge in [0.05, 0.1) is 0 Å². The molecule has 1 rings (SSSR count). The van der Waals surface area contributed by atoms with E-state index in [1.807, 2.05) is 26.0 Å². The first kappa shape index (κ1) is 14.7. The van der Waals surface area contributed by atoms with Crippen molar-refractivity contribution in [1.29, 1.82) is 0 Å². The Kier molecular flexibility index (Phi) is 5.82. The summed E-state index contributed by atoms with van der Waals surface area (Å²) in [7, 11) is 3.17. The van der Waals surface area contributed by atoms with Gasteiger partial charge in [-0.25, -0.2) is 9.90 Å². The lowest BCUT2D eigenvalue weighted by Gasteiger charge is -2.22. The second-order valence-electron chi connectivity index (χ2n) is 4.23. The van der Waals surface area contributed by atoms with Gasteiger partial charge in [0.2, 0.25) is 0 Å². The number of hydroxylamine groups is 2. The summed E-state index contributed by atoms with van der Waals surface area (Å²) in [5, 5.41) is 1.23. The zero-order valence-corrected chi connectivity index (χ0v) is 11.5. The van der Waals surface area contributed by atoms with Crippen molar-refractivity contribution in [3.8, 4) is 0 Å². The summed E-state index contributed by atoms with van der Waals surface area (Å²) in [5.41, 5.74) is 1.73. The van der Waals surface area contributed by atoms with E-state index in [2.05, 4.69) is 0 Å². The van der Waals surface area contributed by atoms with Crippen LogP contribution < -0.4 is 0 Å². The van der Waals surface area contributed by atoms with Crippen LogP contribution in [0.15, 0.2) is 24.3 Å². The maximum Gasteiger partial charge on any atom is 0.277 e. The van der Waals surface area contributed by atoms with Crippen LogP contribution in [0.1, 0.15) is 35.7 Å². The third-order valence-corrected chi connectivity index (χ3v) is 2.65. The van der Waals surface area contributed by atoms with Crippen molar-refractivity contribution in [3.63, 3.8) is 0 Å². The molecule has 0 aromatic heterocycles. The van der Waals surface area contributed by atoms with Gasteiger partial charge in [0.15, 0.2) is 6.29 Å². The van der Waals surface area contributed by atoms with Crippen LogP contribution in [0, 0.1) is 6.92 Å². The Balaban J connectivity index is 2.63. The van der Waals surface area contributed by atoms with Crippen LogP contribution in [-0.4, -0.2) is 31.4 Å². The number of hydrogen-bond acceptors (Lipinski definition) is 3. The van der Waals surface area contributed by atoms with E-state index in [4.69, 9.17) is 9.57 Å². The minimum atomic E-state index is -0.380. The predicted octanol–water partition coefficient (Wildman–Crippen LogP) is 2.77. The van der Waals surface area contributed by atoms with E-state index in [0.29, 0.717) is 5.56 Å². The highest BCUT2D eigenvalue weighted by Crippen LogP contribution is 2.10. The molecule has 0 spiro atoms. The Morgan fingerprint density at radius 3 is 2.44 bits per heavy atom. The Morgan fingerprint density at radius 2 is 1.94 bits per heavy atom. The second kappa shape index (κ2) is 7.13. The lowest BCUT2D eigenvalue weighted by molar-refractivity contribution is -0.239. The van der Waals surface area contributed by atoms with E-state index < -0.39 is 0 Å². The molecule has 0 heterocycles. The summed E-state index contributed by atoms with van der Waals surface area (Å²) in [5.74, 6) is -0.173. The molecule has 0 fully saturated rings. The van der Waals surface area contributed by atoms with Crippen molar-refractivity contribution in [1.82, 2.24) is 5.06 Å². The molecule has 4 nitrogen and oxygen atoms in total. The lowest BCUT2D eigenvalue weighted by atomic mass is 10.1. The molecule has 0 bridgehead atoms. The smallest absolute Gasteiger partial charge is 0.277 e. The summed E-state index contributed by atoms with van der Waals surface area (Å²) in [6, 6.07) is 7.39. The quantitative estimate of drug-likeness (QED) is 0.576. The molecule has 1 unspecified atom stereocenters. The first-order chi connectivity index (χ1) is 8.58. The molecule has 0 saturated carbocycles. The zero-order chi connectivity index (χ0) is 13.5. The predicted molar refractivity (Wildman–Crippen MR) is 70.1 cm³/mol. The van der Waals surface area contributed by atoms with E-state index in [1.54, 1.807) is 26.3 Å². The SMILES string of the molecule is CCCC(OC)ON(C)C(=O)c1ccc(C)cc1. The van der Waals surface area contributed by atoms with Gasteiger partial charge < -0.3 is 4.74 Å². The van der Waals surface area contributed by atoms with Crippen LogP contribution in [0.5, 0.6) is 0 Å². The Labute approximate surface area is 108 Å². The molecule has 0 N–H and O–H groups in total. The normalized spacial score (nSPS) is 12.2. The van der Waals surface area contributed by atoms with Crippen molar-refractivity contribution in [2.45, 2.75) is 33.0 Å². The number of methoxy groups -OCH3 is 1. The Bertz CT molecular complexity index is 375. The van der Waals surface area contributed by atoms with E-state index in [-0.39, 0.29) is 12.2 Å². The van der Waals surface area contributed by atoms with Gasteiger partial charge in [-0.15, -0.1) is 0 Å². The van der Waals surface area contributed by atoms with E-state index in [0.717, 1.165) is 18.4 Å². The zero-order valence-electron chi connectivity index (χ0n) is 11.5. The number of rotatable bonds is 6. The fraction of sp³-hybridized carbons (Fsp3) is 0.500. The number of hydrogen-bond donors (Lipinski definition) is 0. The van der Waals surface area contributed by atoms with Gasteiger partial charge in [0.25, 0.3) is 5.91 Å². The van der Waals surface area contributed by atoms with Crippen molar-refractivity contribution < 1.29 is 14.4 Å². The summed E-state index contributed by atoms with van der Waals surface area (Å²) in [6.07, 6.45) is 1.31. The first-order valence-electron chi connectivity index (χ1n) is 6.12. The molecule has 0 radical (unpaired) electrons. The molecule has 100 valence electrons. The van der Waals surface area contributed by atoms with Crippen molar-refractivity contribution in [2.24, 2.45) is 0 Å². The molecule has 0 saturated heterocycles. The summed E-state index contributed by atoms with van der Waals surface area (Å²) >= 11 is 0. The maximum atomic E-state index is 12.1. The van der Waals surface area contributed by atoms with Crippen LogP contribution in [0.2, 0.25) is 0 Å². The van der Waals surface area contributed by atoms with Crippen LogP contribution in [-0.2, 0) is 9.57 Å². The maximum absolute atomic E-state index is 12.1. The van der Waals surface area contributed by atoms with E-state index >= 15 is 0 Å². The van der Waals surface area contributed by atoms with Gasteiger partial charge >= 0.3 is 0 Å². The van der Waals surface area contributed by atoms with Crippen molar-refractivity contribution in [2.75, 3.05) is 14.2 Å². The van der Waals surface area contributed by atoms with Gasteiger partial charge in [-0.2, -0.15) is 0 Å². The van der Waals surface area contributed by atoms with Crippen LogP contribution >= 0.6 is 0 Å². The Hall–Kier alpha value is -1.39. The average molecular weight is 251 g/mol. The standard InChI is InChI=1S/C14H21NO3/c1-5-6-13(17-4)18-15(3)14(16)12-9-7-11(2)8-10-12/h7-10,13H,5-6H2,1-4H3. The number of amides is 1. The molecule has 1 atom stereocenters. The third-order valence-electron chi connectivity index (χ3n) is 2.65. The molecule has 1 aromatic rings. The van der Waals surface area contributed by atoms with Crippen LogP contribution in [0.4, 0.5) is 0 Å². The molecular weight excluding hydrogens is 230 g/mol. The first-order valence-corrected chi connectivity index (χ1v) is 6.12. The summed E-state index contributed by atoms with van der Waals surface area (Å²) in [4.78, 5) is 17.5. The van der Waals surface area contributed by atoms with Gasteiger partial charge in [-0.1, -0.05) is 31.0 Å². The third kappa shape index (κ3) is 4.13. The number of nitrogens with zero attached hydrogens (tertiary/aromatic N) is 1. The summed E-state index contributed by atoms with van der Waals surface area (Å²) < 4.78 is 5.15. The average Bonchev–Trinajstić information content (AvgIpc) is 2.38. The highest BCUT2D eigenvalue weighted by molar-refractivity contribution is 5.93. The number of carbonyl (C=O) groups is 1. The monoisotopic (exact) mass is 251 g/mol. The van der Waals surface area contributed by atoms with Gasteiger partial charge in [-0.05, 0) is 19.1 Å². The highest BCUT2D eigenvalue weighted by atomic mass is 16.8. The van der Waals surface area contributed by atoms with Crippen molar-refractivity contribution >= 4 is 5.91 Å². The van der Waals surface area contributed by atoms with Crippen molar-refractivity contribution in [3.05, 3.63) is 35.4 Å². The number of aryl methyl sites for hydroxylation is 1. The number of carbonyl (C=O) groups excluding carboxylic acids is 1. The fourth-order valence-electron chi connectivity index (χ4n) is 1.55. The molecule has 1 aromatic carbocycles. The van der Waals surface area contributed by atoms with Crippen LogP contribution in [0.25, 0.3) is 0 Å². The number of ether oxygens (including phenoxy) is 1. The minimum absolute atomic E-state index is 0.173. The molecular formula is C14H21NO3. The highest BCUT2D eigenvalue weighted by Gasteiger charge is 2.16. The lowest BCUT2D eigenvalue weighted by Crippen LogP contribution is -2.32. The molecule has 0 aliphatic carbocycles. The van der Waals surface area contributed by atoms with Crippen LogP contribution in [0.3, 0.4) is 0 Å². The minimum Gasteiger partial charge on any atom is -0.354 e. The number of benzene rings is 1. The van der Waals surface area contributed by atoms with Gasteiger partial charge in [0.1, 0.15) is 0 Å². The largest absolute Gasteiger partial charge is 0.354 e. The Morgan fingerprint density at radius 1 is 1.33 bits per heavy atom. The molecule has 4 heteroatoms.